The van der Waals surface area contributed by atoms with Crippen molar-refractivity contribution in [2.45, 2.75) is 410 Å². The summed E-state index contributed by atoms with van der Waals surface area (Å²) in [4.78, 5) is 139. The van der Waals surface area contributed by atoms with E-state index in [1.54, 1.807) is 95.6 Å². The lowest BCUT2D eigenvalue weighted by Gasteiger charge is -2.27. The summed E-state index contributed by atoms with van der Waals surface area (Å²) in [5.41, 5.74) is 0.493. The number of aromatic nitrogens is 2. The number of aliphatic hydroxyl groups is 2. The van der Waals surface area contributed by atoms with Crippen LogP contribution in [0.1, 0.15) is 351 Å². The molecule has 10 atom stereocenters. The van der Waals surface area contributed by atoms with Crippen LogP contribution in [0.4, 0.5) is 9.59 Å². The second-order valence-electron chi connectivity index (χ2n) is 36.9. The van der Waals surface area contributed by atoms with Crippen molar-refractivity contribution in [2.75, 3.05) is 23.0 Å². The van der Waals surface area contributed by atoms with E-state index in [4.69, 9.17) is 48.4 Å². The van der Waals surface area contributed by atoms with Crippen molar-refractivity contribution in [1.29, 1.82) is 0 Å². The molecule has 2 aromatic heterocycles. The average molecular weight is 2170 g/mol. The van der Waals surface area contributed by atoms with Crippen molar-refractivity contribution in [1.82, 2.24) is 35.7 Å². The number of benzene rings is 2. The standard InChI is InChI=1S/C28H44N4O5S2.C19H25NO2S2.C15H28O2.C14H19N3O4S2.C12H13NOS2.C10H18O2.C7H12O.6CH4/c1-9-11-12-13-14-19(10-2)36-24(33)22(18(3)4)31-25(34)28(8)17-39-23(32-28)20-16-38-21(30-20)15-29-26(35)37-27(5,6)7;1-2-3-4-8-11-17(21)13-18(22)20-16(14-24-19(20)23)12-15-9-6-5-7-10-15;1-6-8-9-10-11-14(7-2)17-15(16)13(5)12(3)4;1-13(2,3)21-12(20)15-5-9-16-8(6-22-9)10-17-14(4,7-23-10)11(18)19;1-9(14)13-11(8-16-12(13)15)7-10-5-3-2-4-6-10;1-3-4-5-6-7-10(12)8-9(2)11;1-2-3-4-5-6-7-8;;;;;;/h12-13,16,18-19,22H,9-11,14-15,17H2,1-8H3,(H,29,35)(H,31,34);4-10,16-17,21H,2-3,11-14H2,1H3;9-10,12-14H,6-8,11H2,1-5H3;6H,5,7H2,1-4H3,(H,15,20)(H,18,19);2-6,11H,7-8H2,1H3;5-6,10,12H,3-4,7-8H2,1-2H3;4-5,7H,2-3,6H2,1H3;6*1H4/b13-12-;8-4-;10-9-;;;6-5-;5-4-;;;;;;/t19?,22-,28-;16-,17-;;14-;11-;10-;;;;;;;/m01.011......./s1. The maximum Gasteiger partial charge on any atom is 0.408 e. The number of carbonyl (C=O) groups is 10. The zero-order valence-corrected chi connectivity index (χ0v) is 92.7. The number of nitrogens with zero attached hydrogens (tertiary/aromatic N) is 6. The van der Waals surface area contributed by atoms with Crippen molar-refractivity contribution in [3.8, 4) is 0 Å². The fourth-order valence-electron chi connectivity index (χ4n) is 12.6. The normalized spacial score (nSPS) is 17.3. The molecule has 4 aliphatic heterocycles. The van der Waals surface area contributed by atoms with Crippen molar-refractivity contribution in [3.63, 3.8) is 0 Å². The van der Waals surface area contributed by atoms with Crippen LogP contribution >= 0.6 is 94.2 Å². The summed E-state index contributed by atoms with van der Waals surface area (Å²) in [7, 11) is 0. The Balaban J connectivity index is -0.000000547. The molecular formula is C111H183N9O17S8. The number of ether oxygens (including phenoxy) is 4. The van der Waals surface area contributed by atoms with Crippen molar-refractivity contribution in [2.24, 2.45) is 27.7 Å². The number of esters is 2. The predicted octanol–water partition coefficient (Wildman–Crippen LogP) is 26.7. The number of aliphatic imine (C=N–C) groups is 2. The number of thiazole rings is 2. The molecule has 26 nitrogen and oxygen atoms in total. The van der Waals surface area contributed by atoms with E-state index in [1.165, 1.54) is 64.2 Å². The molecule has 0 saturated carbocycles. The van der Waals surface area contributed by atoms with Crippen molar-refractivity contribution < 1.29 is 82.2 Å². The summed E-state index contributed by atoms with van der Waals surface area (Å²) in [5, 5.41) is 43.1. The molecule has 0 aliphatic carbocycles. The minimum absolute atomic E-state index is 0. The fraction of sp³-hybridized carbons (Fsp3) is 0.622. The van der Waals surface area contributed by atoms with E-state index in [0.717, 1.165) is 108 Å². The number of carbonyl (C=O) groups excluding carboxylic acids is 9. The number of allylic oxidation sites excluding steroid dienone is 6. The van der Waals surface area contributed by atoms with E-state index in [2.05, 4.69) is 127 Å². The van der Waals surface area contributed by atoms with Crippen LogP contribution in [0, 0.1) is 17.8 Å². The highest BCUT2D eigenvalue weighted by atomic mass is 32.2. The number of carboxylic acid groups (broad SMARTS) is 1. The topological polar surface area (TPSA) is 361 Å². The second-order valence-corrected chi connectivity index (χ2v) is 44.1. The number of aldehydes is 1. The average Bonchev–Trinajstić information content (AvgIpc) is 1.64. The molecule has 0 radical (unpaired) electrons. The number of rotatable bonds is 45. The first kappa shape index (κ1) is 145. The number of aliphatic hydroxyl groups excluding tert-OH is 2. The number of hydrogen-bond acceptors (Lipinski definition) is 28. The van der Waals surface area contributed by atoms with Crippen LogP contribution in [-0.2, 0) is 83.2 Å². The molecule has 3 unspecified atom stereocenters. The Bertz CT molecular complexity index is 4600. The molecule has 145 heavy (non-hydrogen) atoms. The van der Waals surface area contributed by atoms with Gasteiger partial charge in [-0.25, -0.2) is 29.1 Å². The van der Waals surface area contributed by atoms with E-state index < -0.39 is 64.7 Å². The zero-order valence-electron chi connectivity index (χ0n) is 86.2. The molecule has 6 heterocycles. The van der Waals surface area contributed by atoms with Gasteiger partial charge in [0.15, 0.2) is 5.54 Å². The Morgan fingerprint density at radius 1 is 0.510 bits per heavy atom. The van der Waals surface area contributed by atoms with E-state index in [0.29, 0.717) is 89.7 Å². The number of aliphatic carboxylic acids is 1. The van der Waals surface area contributed by atoms with Gasteiger partial charge in [0, 0.05) is 66.4 Å². The van der Waals surface area contributed by atoms with Gasteiger partial charge < -0.3 is 55.0 Å². The molecule has 822 valence electrons. The van der Waals surface area contributed by atoms with E-state index in [-0.39, 0.29) is 136 Å². The van der Waals surface area contributed by atoms with Crippen molar-refractivity contribution >= 4 is 173 Å². The summed E-state index contributed by atoms with van der Waals surface area (Å²) in [6.07, 6.45) is 36.7. The summed E-state index contributed by atoms with van der Waals surface area (Å²) >= 11 is 19.3. The van der Waals surface area contributed by atoms with Gasteiger partial charge in [0.2, 0.25) is 17.7 Å². The maximum atomic E-state index is 13.3. The SMILES string of the molecule is C.C.C.C.C.C.CC(=O)N1C(=S)SC[C@H]1Cc1ccccc1.CC(C)(C)OC(=O)NCc1nc(C2=N[C@](C)(C(=O)O)CS2)cs1.CCC/C=C\CC(CC)OC(=O)C(C)C(C)C.CCC/C=C\CC(CC)OC(=O)[C@@H](NC(=O)[C@]1(C)CSC(c2csc(CNC(=O)OC(C)(C)C)n2)=N1)C(C)C.CCC/C=C\CC=O.CCC/C=C\C[C@@H](O)CC(=O)N1C(=S)SC[C@H]1Cc1ccccc1.CCC/C=C\C[C@@H](O)CC(C)=O. The first-order valence-corrected chi connectivity index (χ1v) is 55.1. The number of carboxylic acids is 1. The minimum atomic E-state index is -1.10. The summed E-state index contributed by atoms with van der Waals surface area (Å²) in [6.45, 7) is 42.2. The van der Waals surface area contributed by atoms with Crippen molar-refractivity contribution in [3.05, 3.63) is 165 Å². The number of Topliss-reactive ketones (excluding diaryl/α,β-unsaturated/α-hetero) is 1. The Morgan fingerprint density at radius 2 is 0.883 bits per heavy atom. The molecule has 34 heteroatoms. The van der Waals surface area contributed by atoms with Crippen LogP contribution in [0.2, 0.25) is 0 Å². The molecule has 2 aromatic carbocycles. The number of unbranched alkanes of at least 4 members (excludes halogenated alkanes) is 5. The molecule has 4 aromatic rings. The first-order valence-electron chi connectivity index (χ1n) is 48.6. The number of amides is 5. The third-order valence-corrected chi connectivity index (χ3v) is 28.2. The molecule has 8 rings (SSSR count). The smallest absolute Gasteiger partial charge is 0.408 e. The minimum Gasteiger partial charge on any atom is -0.479 e. The highest BCUT2D eigenvalue weighted by Gasteiger charge is 2.43. The number of alkyl carbamates (subject to hydrolysis) is 2. The van der Waals surface area contributed by atoms with E-state index >= 15 is 0 Å². The predicted molar refractivity (Wildman–Crippen MR) is 623 cm³/mol. The fourth-order valence-corrected chi connectivity index (χ4v) is 19.4. The summed E-state index contributed by atoms with van der Waals surface area (Å²) in [6, 6.07) is 19.9. The number of ketones is 1. The van der Waals surface area contributed by atoms with Gasteiger partial charge in [-0.3, -0.25) is 43.8 Å². The van der Waals surface area contributed by atoms with Gasteiger partial charge in [0.05, 0.1) is 49.7 Å². The third kappa shape index (κ3) is 61.6. The van der Waals surface area contributed by atoms with Crippen LogP contribution < -0.4 is 16.0 Å². The summed E-state index contributed by atoms with van der Waals surface area (Å²) < 4.78 is 23.0. The van der Waals surface area contributed by atoms with E-state index in [9.17, 15) is 63.3 Å². The molecule has 0 bridgehead atoms. The lowest BCUT2D eigenvalue weighted by molar-refractivity contribution is -0.155. The highest BCUT2D eigenvalue weighted by molar-refractivity contribution is 8.23. The number of hydrogen-bond donors (Lipinski definition) is 6. The monoisotopic (exact) mass is 2170 g/mol. The van der Waals surface area contributed by atoms with Gasteiger partial charge in [0.25, 0.3) is 0 Å². The van der Waals surface area contributed by atoms with Crippen LogP contribution in [-0.4, -0.2) is 202 Å². The number of thiocarbonyl (C=S) groups is 2. The van der Waals surface area contributed by atoms with E-state index in [1.807, 2.05) is 119 Å². The molecule has 0 spiro atoms. The molecule has 5 amide bonds. The first-order chi connectivity index (χ1) is 65.8. The van der Waals surface area contributed by atoms with Crippen LogP contribution in [0.25, 0.3) is 0 Å². The lowest BCUT2D eigenvalue weighted by Crippen LogP contribution is -2.53. The maximum absolute atomic E-state index is 13.3. The van der Waals surface area contributed by atoms with Gasteiger partial charge >= 0.3 is 30.1 Å². The molecule has 2 fully saturated rings. The third-order valence-electron chi connectivity index (χ3n) is 20.8. The largest absolute Gasteiger partial charge is 0.479 e. The van der Waals surface area contributed by atoms with Crippen LogP contribution in [0.15, 0.2) is 142 Å². The Kier molecular flexibility index (Phi) is 80.2. The Labute approximate surface area is 908 Å². The Hall–Kier alpha value is -8.06. The second kappa shape index (κ2) is 80.0. The van der Waals surface area contributed by atoms with Gasteiger partial charge in [-0.15, -0.1) is 46.2 Å². The summed E-state index contributed by atoms with van der Waals surface area (Å²) in [5.74, 6) is 1.03. The highest BCUT2D eigenvalue weighted by Crippen LogP contribution is 2.35. The zero-order chi connectivity index (χ0) is 104. The van der Waals surface area contributed by atoms with Gasteiger partial charge in [-0.1, -0.05) is 329 Å². The van der Waals surface area contributed by atoms with Crippen LogP contribution in [0.5, 0.6) is 0 Å². The quantitative estimate of drug-likeness (QED) is 0.00787. The van der Waals surface area contributed by atoms with Crippen LogP contribution in [0.3, 0.4) is 0 Å². The van der Waals surface area contributed by atoms with Gasteiger partial charge in [-0.2, -0.15) is 0 Å². The van der Waals surface area contributed by atoms with Gasteiger partial charge in [-0.05, 0) is 156 Å². The molecule has 6 N–H and O–H groups in total. The molecule has 2 saturated heterocycles. The lowest BCUT2D eigenvalue weighted by atomic mass is 9.98. The van der Waals surface area contributed by atoms with Gasteiger partial charge in [0.1, 0.15) is 87.2 Å². The Morgan fingerprint density at radius 3 is 1.24 bits per heavy atom. The molecule has 4 aliphatic rings. The molecular weight excluding hydrogens is 1990 g/mol. The number of thioether (sulfide) groups is 4. The number of nitrogens with one attached hydrogen (secondary N) is 3.